The molecule has 1 heterocycles. The molecule has 3 aromatic rings. The van der Waals surface area contributed by atoms with Gasteiger partial charge >= 0.3 is 12.6 Å². The zero-order valence-corrected chi connectivity index (χ0v) is 15.8. The van der Waals surface area contributed by atoms with Crippen molar-refractivity contribution in [1.82, 2.24) is 5.32 Å². The van der Waals surface area contributed by atoms with Crippen LogP contribution in [0.4, 0.5) is 24.3 Å². The number of ether oxygens (including phenoxy) is 1. The predicted octanol–water partition coefficient (Wildman–Crippen LogP) is 4.92. The van der Waals surface area contributed by atoms with Crippen LogP contribution in [-0.2, 0) is 6.54 Å². The van der Waals surface area contributed by atoms with Crippen molar-refractivity contribution in [2.75, 3.05) is 10.6 Å². The number of carbonyl (C=O) groups excluding carboxylic acids is 2. The number of hydrogen-bond acceptors (Lipinski definition) is 4. The lowest BCUT2D eigenvalue weighted by Crippen LogP contribution is -2.21. The van der Waals surface area contributed by atoms with E-state index in [-0.39, 0.29) is 18.2 Å². The van der Waals surface area contributed by atoms with Crippen molar-refractivity contribution in [3.63, 3.8) is 0 Å². The van der Waals surface area contributed by atoms with Crippen molar-refractivity contribution in [3.8, 4) is 5.75 Å². The van der Waals surface area contributed by atoms with E-state index in [4.69, 9.17) is 0 Å². The first kappa shape index (κ1) is 20.3. The lowest BCUT2D eigenvalue weighted by atomic mass is 10.2. The highest BCUT2D eigenvalue weighted by Gasteiger charge is 2.11. The van der Waals surface area contributed by atoms with Gasteiger partial charge in [-0.25, -0.2) is 4.79 Å². The van der Waals surface area contributed by atoms with Crippen molar-refractivity contribution in [1.29, 1.82) is 0 Å². The highest BCUT2D eigenvalue weighted by atomic mass is 32.1. The average Bonchev–Trinajstić information content (AvgIpc) is 3.16. The minimum Gasteiger partial charge on any atom is -0.435 e. The van der Waals surface area contributed by atoms with E-state index in [1.165, 1.54) is 12.1 Å². The quantitative estimate of drug-likeness (QED) is 0.510. The van der Waals surface area contributed by atoms with Gasteiger partial charge in [0.2, 0.25) is 0 Å². The van der Waals surface area contributed by atoms with Gasteiger partial charge in [0.1, 0.15) is 5.75 Å². The topological polar surface area (TPSA) is 79.5 Å². The zero-order valence-electron chi connectivity index (χ0n) is 15.0. The molecule has 0 fully saturated rings. The minimum absolute atomic E-state index is 0.0535. The molecular formula is C20H17F2N3O3S. The molecule has 0 unspecified atom stereocenters. The number of thiophene rings is 1. The van der Waals surface area contributed by atoms with Crippen LogP contribution >= 0.6 is 11.3 Å². The molecule has 0 aliphatic rings. The van der Waals surface area contributed by atoms with E-state index in [1.54, 1.807) is 36.4 Å². The van der Waals surface area contributed by atoms with Gasteiger partial charge in [-0.15, -0.1) is 11.3 Å². The minimum atomic E-state index is -2.88. The molecule has 0 radical (unpaired) electrons. The number of para-hydroxylation sites is 1. The van der Waals surface area contributed by atoms with Crippen LogP contribution in [0.25, 0.3) is 0 Å². The van der Waals surface area contributed by atoms with Crippen LogP contribution in [0.5, 0.6) is 5.75 Å². The monoisotopic (exact) mass is 417 g/mol. The summed E-state index contributed by atoms with van der Waals surface area (Å²) in [5, 5.41) is 8.63. The van der Waals surface area contributed by atoms with Gasteiger partial charge in [-0.3, -0.25) is 10.1 Å². The Kier molecular flexibility index (Phi) is 6.75. The van der Waals surface area contributed by atoms with Gasteiger partial charge in [0, 0.05) is 12.2 Å². The highest BCUT2D eigenvalue weighted by molar-refractivity contribution is 7.18. The van der Waals surface area contributed by atoms with Gasteiger partial charge in [0.15, 0.2) is 0 Å². The zero-order chi connectivity index (χ0) is 20.6. The fraction of sp³-hybridized carbons (Fsp3) is 0.100. The van der Waals surface area contributed by atoms with E-state index >= 15 is 0 Å². The fourth-order valence-electron chi connectivity index (χ4n) is 2.38. The molecule has 6 nitrogen and oxygen atoms in total. The summed E-state index contributed by atoms with van der Waals surface area (Å²) < 4.78 is 28.6. The Hall–Kier alpha value is -3.46. The Morgan fingerprint density at radius 1 is 0.931 bits per heavy atom. The smallest absolute Gasteiger partial charge is 0.387 e. The molecule has 3 rings (SSSR count). The fourth-order valence-corrected chi connectivity index (χ4v) is 3.20. The molecular weight excluding hydrogens is 400 g/mol. The molecule has 29 heavy (non-hydrogen) atoms. The largest absolute Gasteiger partial charge is 0.435 e. The number of alkyl halides is 2. The van der Waals surface area contributed by atoms with Crippen LogP contribution in [-0.4, -0.2) is 18.5 Å². The summed E-state index contributed by atoms with van der Waals surface area (Å²) in [6.45, 7) is -2.65. The SMILES string of the molecule is O=C(Nc1ccccc1)Nc1ccc(C(=O)NCc2ccc(OC(F)F)cc2)s1. The Morgan fingerprint density at radius 2 is 1.66 bits per heavy atom. The van der Waals surface area contributed by atoms with Gasteiger partial charge in [-0.2, -0.15) is 8.78 Å². The van der Waals surface area contributed by atoms with E-state index in [0.29, 0.717) is 15.6 Å². The third-order valence-electron chi connectivity index (χ3n) is 3.70. The summed E-state index contributed by atoms with van der Waals surface area (Å²) >= 11 is 1.14. The number of urea groups is 1. The molecule has 0 saturated carbocycles. The summed E-state index contributed by atoms with van der Waals surface area (Å²) in [6, 6.07) is 17.8. The van der Waals surface area contributed by atoms with Crippen LogP contribution in [0, 0.1) is 0 Å². The second-order valence-electron chi connectivity index (χ2n) is 5.81. The molecule has 3 amide bonds. The summed E-state index contributed by atoms with van der Waals surface area (Å²) in [4.78, 5) is 24.7. The molecule has 0 aliphatic carbocycles. The van der Waals surface area contributed by atoms with E-state index in [9.17, 15) is 18.4 Å². The maximum Gasteiger partial charge on any atom is 0.387 e. The van der Waals surface area contributed by atoms with Gasteiger partial charge in [-0.1, -0.05) is 30.3 Å². The highest BCUT2D eigenvalue weighted by Crippen LogP contribution is 2.22. The molecule has 0 saturated heterocycles. The molecule has 0 aliphatic heterocycles. The number of carbonyl (C=O) groups is 2. The number of anilines is 2. The normalized spacial score (nSPS) is 10.4. The van der Waals surface area contributed by atoms with Crippen LogP contribution in [0.2, 0.25) is 0 Å². The first-order valence-corrected chi connectivity index (χ1v) is 9.36. The van der Waals surface area contributed by atoms with E-state index in [1.807, 2.05) is 18.2 Å². The second kappa shape index (κ2) is 9.65. The number of rotatable bonds is 7. The maximum atomic E-state index is 12.3. The lowest BCUT2D eigenvalue weighted by molar-refractivity contribution is -0.0498. The molecule has 3 N–H and O–H groups in total. The molecule has 9 heteroatoms. The van der Waals surface area contributed by atoms with Crippen molar-refractivity contribution in [3.05, 3.63) is 77.2 Å². The van der Waals surface area contributed by atoms with E-state index in [2.05, 4.69) is 20.7 Å². The number of halogens is 2. The van der Waals surface area contributed by atoms with Crippen LogP contribution in [0.3, 0.4) is 0 Å². The Labute approximate surface area is 169 Å². The van der Waals surface area contributed by atoms with Gasteiger partial charge in [0.25, 0.3) is 5.91 Å². The second-order valence-corrected chi connectivity index (χ2v) is 6.90. The predicted molar refractivity (Wildman–Crippen MR) is 108 cm³/mol. The lowest BCUT2D eigenvalue weighted by Gasteiger charge is -2.07. The first-order chi connectivity index (χ1) is 14.0. The molecule has 150 valence electrons. The Balaban J connectivity index is 1.49. The number of benzene rings is 2. The number of amides is 3. The molecule has 0 spiro atoms. The van der Waals surface area contributed by atoms with Gasteiger partial charge < -0.3 is 15.4 Å². The van der Waals surface area contributed by atoms with Crippen LogP contribution in [0.15, 0.2) is 66.7 Å². The molecule has 0 bridgehead atoms. The summed E-state index contributed by atoms with van der Waals surface area (Å²) in [6.07, 6.45) is 0. The van der Waals surface area contributed by atoms with Crippen molar-refractivity contribution in [2.45, 2.75) is 13.2 Å². The number of nitrogens with one attached hydrogen (secondary N) is 3. The molecule has 1 aromatic heterocycles. The van der Waals surface area contributed by atoms with Crippen molar-refractivity contribution < 1.29 is 23.1 Å². The third-order valence-corrected chi connectivity index (χ3v) is 4.70. The first-order valence-electron chi connectivity index (χ1n) is 8.54. The standard InChI is InChI=1S/C20H17F2N3O3S/c21-19(22)28-15-8-6-13(7-9-15)12-23-18(26)16-10-11-17(29-16)25-20(27)24-14-4-2-1-3-5-14/h1-11,19H,12H2,(H,23,26)(H2,24,25,27). The third kappa shape index (κ3) is 6.28. The van der Waals surface area contributed by atoms with Gasteiger partial charge in [0.05, 0.1) is 9.88 Å². The van der Waals surface area contributed by atoms with Crippen LogP contribution < -0.4 is 20.7 Å². The van der Waals surface area contributed by atoms with E-state index < -0.39 is 12.6 Å². The molecule has 0 atom stereocenters. The van der Waals surface area contributed by atoms with E-state index in [0.717, 1.165) is 16.9 Å². The number of hydrogen-bond donors (Lipinski definition) is 3. The van der Waals surface area contributed by atoms with Crippen molar-refractivity contribution in [2.24, 2.45) is 0 Å². The Morgan fingerprint density at radius 3 is 2.34 bits per heavy atom. The van der Waals surface area contributed by atoms with Crippen molar-refractivity contribution >= 4 is 34.0 Å². The average molecular weight is 417 g/mol. The Bertz CT molecular complexity index is 963. The van der Waals surface area contributed by atoms with Crippen LogP contribution in [0.1, 0.15) is 15.2 Å². The summed E-state index contributed by atoms with van der Waals surface area (Å²) in [5.41, 5.74) is 1.39. The maximum absolute atomic E-state index is 12.3. The van der Waals surface area contributed by atoms with Gasteiger partial charge in [-0.05, 0) is 42.0 Å². The summed E-state index contributed by atoms with van der Waals surface area (Å²) in [5.74, 6) is -0.253. The summed E-state index contributed by atoms with van der Waals surface area (Å²) in [7, 11) is 0. The molecule has 2 aromatic carbocycles.